The Labute approximate surface area is 153 Å². The molecule has 0 amide bonds. The van der Waals surface area contributed by atoms with Crippen molar-refractivity contribution in [3.05, 3.63) is 76.9 Å². The van der Waals surface area contributed by atoms with Crippen LogP contribution in [-0.2, 0) is 6.42 Å². The molecule has 0 aliphatic carbocycles. The molecule has 0 spiro atoms. The van der Waals surface area contributed by atoms with Gasteiger partial charge in [0.15, 0.2) is 0 Å². The summed E-state index contributed by atoms with van der Waals surface area (Å²) < 4.78 is 0. The minimum absolute atomic E-state index is 0.253. The van der Waals surface area contributed by atoms with Gasteiger partial charge < -0.3 is 10.8 Å². The zero-order valence-electron chi connectivity index (χ0n) is 13.7. The monoisotopic (exact) mass is 361 g/mol. The molecule has 26 heavy (non-hydrogen) atoms. The molecule has 0 saturated carbocycles. The first-order valence-electron chi connectivity index (χ1n) is 8.03. The van der Waals surface area contributed by atoms with Crippen molar-refractivity contribution in [3.63, 3.8) is 0 Å². The molecule has 0 aliphatic heterocycles. The van der Waals surface area contributed by atoms with Crippen LogP contribution in [0.5, 0.6) is 0 Å². The molecule has 0 atom stereocenters. The van der Waals surface area contributed by atoms with Gasteiger partial charge in [0.05, 0.1) is 5.69 Å². The van der Waals surface area contributed by atoms with E-state index in [1.165, 1.54) is 0 Å². The highest BCUT2D eigenvalue weighted by molar-refractivity contribution is 7.17. The number of aromatic nitrogens is 2. The smallest absolute Gasteiger partial charge is 0.347 e. The van der Waals surface area contributed by atoms with Crippen LogP contribution in [0.25, 0.3) is 21.3 Å². The van der Waals surface area contributed by atoms with Crippen molar-refractivity contribution in [3.8, 4) is 10.6 Å². The van der Waals surface area contributed by atoms with Crippen molar-refractivity contribution in [2.75, 3.05) is 5.73 Å². The molecule has 0 radical (unpaired) electrons. The van der Waals surface area contributed by atoms with Crippen molar-refractivity contribution >= 4 is 33.9 Å². The number of fused-ring (bicyclic) bond motifs is 1. The van der Waals surface area contributed by atoms with Crippen LogP contribution < -0.4 is 5.73 Å². The van der Waals surface area contributed by atoms with Crippen LogP contribution in [0, 0.1) is 0 Å². The van der Waals surface area contributed by atoms with Crippen LogP contribution in [0.3, 0.4) is 0 Å². The van der Waals surface area contributed by atoms with Crippen LogP contribution in [0.15, 0.2) is 60.8 Å². The molecule has 0 fully saturated rings. The summed E-state index contributed by atoms with van der Waals surface area (Å²) in [5.41, 5.74) is 8.08. The molecule has 0 bridgehead atoms. The summed E-state index contributed by atoms with van der Waals surface area (Å²) in [6.07, 6.45) is 2.05. The standard InChI is InChI=1S/C20H15N3O2S/c21-17-11-15(7-8-22-17)19-23-16(18(26-19)20(24)25)10-12-5-6-13-3-1-2-4-14(13)9-12/h1-9,11H,10H2,(H2,21,22)(H,24,25). The molecule has 5 nitrogen and oxygen atoms in total. The fraction of sp³-hybridized carbons (Fsp3) is 0.0500. The summed E-state index contributed by atoms with van der Waals surface area (Å²) in [5.74, 6) is -0.586. The number of hydrogen-bond donors (Lipinski definition) is 2. The second kappa shape index (κ2) is 6.57. The summed E-state index contributed by atoms with van der Waals surface area (Å²) in [4.78, 5) is 20.5. The lowest BCUT2D eigenvalue weighted by molar-refractivity contribution is 0.0701. The number of rotatable bonds is 4. The lowest BCUT2D eigenvalue weighted by Gasteiger charge is -2.03. The predicted molar refractivity (Wildman–Crippen MR) is 103 cm³/mol. The number of nitrogens with zero attached hydrogens (tertiary/aromatic N) is 2. The number of anilines is 1. The van der Waals surface area contributed by atoms with Crippen LogP contribution in [0.2, 0.25) is 0 Å². The normalized spacial score (nSPS) is 10.9. The molecule has 2 aromatic heterocycles. The number of benzene rings is 2. The molecule has 0 aliphatic rings. The Hall–Kier alpha value is -3.25. The van der Waals surface area contributed by atoms with Crippen molar-refractivity contribution in [1.82, 2.24) is 9.97 Å². The van der Waals surface area contributed by atoms with E-state index in [4.69, 9.17) is 5.73 Å². The first-order valence-corrected chi connectivity index (χ1v) is 8.84. The van der Waals surface area contributed by atoms with Crippen LogP contribution in [0.4, 0.5) is 5.82 Å². The molecule has 0 saturated heterocycles. The quantitative estimate of drug-likeness (QED) is 0.568. The average molecular weight is 361 g/mol. The van der Waals surface area contributed by atoms with Gasteiger partial charge in [0.25, 0.3) is 0 Å². The van der Waals surface area contributed by atoms with E-state index in [1.54, 1.807) is 18.3 Å². The fourth-order valence-electron chi connectivity index (χ4n) is 2.89. The fourth-order valence-corrected chi connectivity index (χ4v) is 3.80. The highest BCUT2D eigenvalue weighted by Crippen LogP contribution is 2.30. The minimum Gasteiger partial charge on any atom is -0.477 e. The van der Waals surface area contributed by atoms with Crippen LogP contribution in [0.1, 0.15) is 20.9 Å². The van der Waals surface area contributed by atoms with Gasteiger partial charge in [0.1, 0.15) is 15.7 Å². The maximum atomic E-state index is 11.7. The number of carboxylic acid groups (broad SMARTS) is 1. The highest BCUT2D eigenvalue weighted by atomic mass is 32.1. The zero-order valence-corrected chi connectivity index (χ0v) is 14.5. The van der Waals surface area contributed by atoms with Crippen molar-refractivity contribution < 1.29 is 9.90 Å². The Morgan fingerprint density at radius 3 is 2.65 bits per heavy atom. The van der Waals surface area contributed by atoms with E-state index in [9.17, 15) is 9.90 Å². The summed E-state index contributed by atoms with van der Waals surface area (Å²) >= 11 is 1.16. The van der Waals surface area contributed by atoms with Gasteiger partial charge in [-0.05, 0) is 28.5 Å². The van der Waals surface area contributed by atoms with Crippen molar-refractivity contribution in [2.45, 2.75) is 6.42 Å². The van der Waals surface area contributed by atoms with E-state index in [2.05, 4.69) is 22.1 Å². The largest absolute Gasteiger partial charge is 0.477 e. The molecule has 4 aromatic rings. The molecular weight excluding hydrogens is 346 g/mol. The van der Waals surface area contributed by atoms with Gasteiger partial charge in [0.2, 0.25) is 0 Å². The lowest BCUT2D eigenvalue weighted by Crippen LogP contribution is -2.00. The van der Waals surface area contributed by atoms with E-state index in [-0.39, 0.29) is 4.88 Å². The van der Waals surface area contributed by atoms with Gasteiger partial charge in [-0.2, -0.15) is 0 Å². The molecule has 2 heterocycles. The van der Waals surface area contributed by atoms with E-state index < -0.39 is 5.97 Å². The molecule has 128 valence electrons. The Morgan fingerprint density at radius 2 is 1.88 bits per heavy atom. The second-order valence-corrected chi connectivity index (χ2v) is 6.93. The molecule has 4 rings (SSSR count). The first kappa shape index (κ1) is 16.2. The van der Waals surface area contributed by atoms with Gasteiger partial charge in [-0.1, -0.05) is 42.5 Å². The third kappa shape index (κ3) is 3.14. The molecule has 0 unspecified atom stereocenters. The molecule has 2 aromatic carbocycles. The SMILES string of the molecule is Nc1cc(-c2nc(Cc3ccc4ccccc4c3)c(C(=O)O)s2)ccn1. The predicted octanol–water partition coefficient (Wildman–Crippen LogP) is 4.23. The van der Waals surface area contributed by atoms with Gasteiger partial charge in [0, 0.05) is 18.2 Å². The summed E-state index contributed by atoms with van der Waals surface area (Å²) in [6, 6.07) is 17.7. The van der Waals surface area contributed by atoms with Gasteiger partial charge in [-0.25, -0.2) is 14.8 Å². The second-order valence-electron chi connectivity index (χ2n) is 5.93. The third-order valence-electron chi connectivity index (χ3n) is 4.11. The van der Waals surface area contributed by atoms with E-state index in [0.29, 0.717) is 22.9 Å². The number of aromatic carboxylic acids is 1. The third-order valence-corrected chi connectivity index (χ3v) is 5.24. The Balaban J connectivity index is 1.73. The maximum absolute atomic E-state index is 11.7. The van der Waals surface area contributed by atoms with E-state index in [0.717, 1.165) is 33.2 Å². The Kier molecular flexibility index (Phi) is 4.10. The topological polar surface area (TPSA) is 89.1 Å². The molecular formula is C20H15N3O2S. The first-order chi connectivity index (χ1) is 12.6. The number of nitrogen functional groups attached to an aromatic ring is 1. The highest BCUT2D eigenvalue weighted by Gasteiger charge is 2.19. The number of pyridine rings is 1. The maximum Gasteiger partial charge on any atom is 0.347 e. The Morgan fingerprint density at radius 1 is 1.08 bits per heavy atom. The number of thiazole rings is 1. The Bertz CT molecular complexity index is 1120. The average Bonchev–Trinajstić information content (AvgIpc) is 3.06. The zero-order chi connectivity index (χ0) is 18.1. The van der Waals surface area contributed by atoms with Crippen LogP contribution >= 0.6 is 11.3 Å². The van der Waals surface area contributed by atoms with E-state index >= 15 is 0 Å². The summed E-state index contributed by atoms with van der Waals surface area (Å²) in [6.45, 7) is 0. The van der Waals surface area contributed by atoms with Crippen molar-refractivity contribution in [1.29, 1.82) is 0 Å². The van der Waals surface area contributed by atoms with Crippen LogP contribution in [-0.4, -0.2) is 21.0 Å². The van der Waals surface area contributed by atoms with Gasteiger partial charge >= 0.3 is 5.97 Å². The molecule has 3 N–H and O–H groups in total. The number of carboxylic acids is 1. The van der Waals surface area contributed by atoms with Crippen molar-refractivity contribution in [2.24, 2.45) is 0 Å². The van der Waals surface area contributed by atoms with Gasteiger partial charge in [-0.15, -0.1) is 11.3 Å². The summed E-state index contributed by atoms with van der Waals surface area (Å²) in [7, 11) is 0. The number of carbonyl (C=O) groups is 1. The number of hydrogen-bond acceptors (Lipinski definition) is 5. The number of nitrogens with two attached hydrogens (primary N) is 1. The van der Waals surface area contributed by atoms with E-state index in [1.807, 2.05) is 30.3 Å². The van der Waals surface area contributed by atoms with Gasteiger partial charge in [-0.3, -0.25) is 0 Å². The minimum atomic E-state index is -0.966. The lowest BCUT2D eigenvalue weighted by atomic mass is 10.0. The summed E-state index contributed by atoms with van der Waals surface area (Å²) in [5, 5.41) is 12.5. The molecule has 6 heteroatoms.